The summed E-state index contributed by atoms with van der Waals surface area (Å²) < 4.78 is 1.22. The maximum absolute atomic E-state index is 4.88. The number of thiazole rings is 1. The largest absolute Gasteiger partial charge is 0.236 e. The van der Waals surface area contributed by atoms with Gasteiger partial charge in [-0.2, -0.15) is 0 Å². The van der Waals surface area contributed by atoms with Gasteiger partial charge < -0.3 is 0 Å². The Bertz CT molecular complexity index is 2720. The number of para-hydroxylation sites is 1. The molecule has 2 heteroatoms. The SMILES string of the molecule is CC1(C)c2cc(-c3ccc(-c4nc5ccccc5s4)cc3)ccc2-c2cc3c(-c4ccccc4)c4ccccc4c(-c4ccccc4)c3cc21. The lowest BCUT2D eigenvalue weighted by molar-refractivity contribution is 0.661. The number of aromatic nitrogens is 1. The molecule has 0 fully saturated rings. The van der Waals surface area contributed by atoms with E-state index in [1.807, 2.05) is 0 Å². The normalized spacial score (nSPS) is 13.2. The van der Waals surface area contributed by atoms with Crippen LogP contribution in [0.3, 0.4) is 0 Å². The van der Waals surface area contributed by atoms with Crippen LogP contribution in [0.1, 0.15) is 25.0 Å². The van der Waals surface area contributed by atoms with Gasteiger partial charge in [-0.05, 0) is 108 Å². The van der Waals surface area contributed by atoms with Crippen LogP contribution >= 0.6 is 11.3 Å². The van der Waals surface area contributed by atoms with Crippen molar-refractivity contribution in [3.05, 3.63) is 175 Å². The maximum Gasteiger partial charge on any atom is 0.124 e. The van der Waals surface area contributed by atoms with E-state index in [2.05, 4.69) is 178 Å². The lowest BCUT2D eigenvalue weighted by atomic mass is 9.79. The van der Waals surface area contributed by atoms with Crippen molar-refractivity contribution in [3.63, 3.8) is 0 Å². The highest BCUT2D eigenvalue weighted by Crippen LogP contribution is 2.54. The van der Waals surface area contributed by atoms with E-state index < -0.39 is 0 Å². The van der Waals surface area contributed by atoms with Gasteiger partial charge in [-0.25, -0.2) is 4.98 Å². The first kappa shape index (κ1) is 29.1. The highest BCUT2D eigenvalue weighted by atomic mass is 32.1. The molecule has 9 aromatic rings. The predicted octanol–water partition coefficient (Wildman–Crippen LogP) is 13.6. The first-order chi connectivity index (χ1) is 24.5. The first-order valence-electron chi connectivity index (χ1n) is 17.3. The standard InChI is InChI=1S/C48H33NS/c1-48(2)41-27-34(30-21-23-33(24-22-30)47-49-43-19-11-12-20-44(43)50-47)25-26-35(41)38-28-39-40(29-42(38)48)46(32-15-7-4-8-16-32)37-18-10-9-17-36(37)45(39)31-13-5-3-6-14-31/h3-29H,1-2H3. The van der Waals surface area contributed by atoms with Crippen LogP contribution in [0.25, 0.3) is 86.8 Å². The number of nitrogens with zero attached hydrogens (tertiary/aromatic N) is 1. The molecule has 8 aromatic carbocycles. The number of benzene rings is 8. The van der Waals surface area contributed by atoms with Gasteiger partial charge >= 0.3 is 0 Å². The van der Waals surface area contributed by atoms with Crippen LogP contribution in [-0.2, 0) is 5.41 Å². The van der Waals surface area contributed by atoms with E-state index in [9.17, 15) is 0 Å². The minimum Gasteiger partial charge on any atom is -0.236 e. The zero-order valence-electron chi connectivity index (χ0n) is 27.9. The van der Waals surface area contributed by atoms with Crippen LogP contribution in [0.4, 0.5) is 0 Å². The third kappa shape index (κ3) is 4.42. The van der Waals surface area contributed by atoms with E-state index in [0.717, 1.165) is 16.1 Å². The lowest BCUT2D eigenvalue weighted by Crippen LogP contribution is -2.15. The average Bonchev–Trinajstić information content (AvgIpc) is 3.70. The fourth-order valence-electron chi connectivity index (χ4n) is 8.22. The van der Waals surface area contributed by atoms with Crippen LogP contribution in [0.2, 0.25) is 0 Å². The Hall–Kier alpha value is -5.83. The van der Waals surface area contributed by atoms with Crippen LogP contribution in [-0.4, -0.2) is 4.98 Å². The summed E-state index contributed by atoms with van der Waals surface area (Å²) in [6, 6.07) is 60.2. The Morgan fingerprint density at radius 3 is 1.62 bits per heavy atom. The number of rotatable bonds is 4. The number of hydrogen-bond acceptors (Lipinski definition) is 2. The van der Waals surface area contributed by atoms with Crippen molar-refractivity contribution < 1.29 is 0 Å². The molecule has 0 amide bonds. The highest BCUT2D eigenvalue weighted by molar-refractivity contribution is 7.21. The number of hydrogen-bond donors (Lipinski definition) is 0. The van der Waals surface area contributed by atoms with Gasteiger partial charge in [-0.15, -0.1) is 11.3 Å². The summed E-state index contributed by atoms with van der Waals surface area (Å²) in [5.74, 6) is 0. The predicted molar refractivity (Wildman–Crippen MR) is 214 cm³/mol. The molecule has 0 radical (unpaired) electrons. The lowest BCUT2D eigenvalue weighted by Gasteiger charge is -2.24. The third-order valence-corrected chi connectivity index (χ3v) is 11.8. The molecule has 1 aliphatic rings. The first-order valence-corrected chi connectivity index (χ1v) is 18.1. The minimum absolute atomic E-state index is 0.164. The molecule has 0 atom stereocenters. The fraction of sp³-hybridized carbons (Fsp3) is 0.0625. The van der Waals surface area contributed by atoms with Gasteiger partial charge in [0, 0.05) is 11.0 Å². The van der Waals surface area contributed by atoms with Gasteiger partial charge in [0.2, 0.25) is 0 Å². The maximum atomic E-state index is 4.88. The molecule has 0 saturated carbocycles. The van der Waals surface area contributed by atoms with Crippen molar-refractivity contribution in [2.24, 2.45) is 0 Å². The van der Waals surface area contributed by atoms with Crippen molar-refractivity contribution in [2.45, 2.75) is 19.3 Å². The molecule has 1 aliphatic carbocycles. The zero-order chi connectivity index (χ0) is 33.4. The summed E-state index contributed by atoms with van der Waals surface area (Å²) in [7, 11) is 0. The molecule has 0 saturated heterocycles. The molecule has 1 nitrogen and oxygen atoms in total. The molecule has 10 rings (SSSR count). The summed E-state index contributed by atoms with van der Waals surface area (Å²) in [4.78, 5) is 4.88. The van der Waals surface area contributed by atoms with Gasteiger partial charge in [0.1, 0.15) is 5.01 Å². The summed E-state index contributed by atoms with van der Waals surface area (Å²) in [6.45, 7) is 4.79. The van der Waals surface area contributed by atoms with Crippen LogP contribution < -0.4 is 0 Å². The Morgan fingerprint density at radius 1 is 0.420 bits per heavy atom. The molecular weight excluding hydrogens is 623 g/mol. The molecule has 0 bridgehead atoms. The van der Waals surface area contributed by atoms with Crippen LogP contribution in [0.5, 0.6) is 0 Å². The molecule has 0 unspecified atom stereocenters. The third-order valence-electron chi connectivity index (χ3n) is 10.7. The molecule has 0 spiro atoms. The highest BCUT2D eigenvalue weighted by Gasteiger charge is 2.36. The van der Waals surface area contributed by atoms with Crippen molar-refractivity contribution in [1.29, 1.82) is 0 Å². The number of fused-ring (bicyclic) bond motifs is 6. The summed E-state index contributed by atoms with van der Waals surface area (Å²) >= 11 is 1.75. The topological polar surface area (TPSA) is 12.9 Å². The van der Waals surface area contributed by atoms with Crippen molar-refractivity contribution in [3.8, 4) is 55.1 Å². The van der Waals surface area contributed by atoms with E-state index in [4.69, 9.17) is 4.98 Å². The Kier molecular flexibility index (Phi) is 6.46. The molecule has 0 aliphatic heterocycles. The van der Waals surface area contributed by atoms with Crippen molar-refractivity contribution in [1.82, 2.24) is 4.98 Å². The second kappa shape index (κ2) is 11.1. The smallest absolute Gasteiger partial charge is 0.124 e. The molecule has 1 aromatic heterocycles. The zero-order valence-corrected chi connectivity index (χ0v) is 28.8. The average molecular weight is 656 g/mol. The Morgan fingerprint density at radius 2 is 0.960 bits per heavy atom. The van der Waals surface area contributed by atoms with Gasteiger partial charge in [0.25, 0.3) is 0 Å². The van der Waals surface area contributed by atoms with Crippen molar-refractivity contribution in [2.75, 3.05) is 0 Å². The van der Waals surface area contributed by atoms with Gasteiger partial charge in [0.15, 0.2) is 0 Å². The molecule has 0 N–H and O–H groups in total. The van der Waals surface area contributed by atoms with Gasteiger partial charge in [-0.1, -0.05) is 147 Å². The van der Waals surface area contributed by atoms with Crippen LogP contribution in [0.15, 0.2) is 164 Å². The minimum atomic E-state index is -0.164. The van der Waals surface area contributed by atoms with Crippen LogP contribution in [0, 0.1) is 0 Å². The van der Waals surface area contributed by atoms with E-state index in [1.165, 1.54) is 81.9 Å². The summed E-state index contributed by atoms with van der Waals surface area (Å²) in [5.41, 5.74) is 15.0. The Labute approximate surface area is 296 Å². The second-order valence-electron chi connectivity index (χ2n) is 13.9. The quantitative estimate of drug-likeness (QED) is 0.172. The summed E-state index contributed by atoms with van der Waals surface area (Å²) in [5, 5.41) is 6.24. The van der Waals surface area contributed by atoms with Gasteiger partial charge in [0.05, 0.1) is 10.2 Å². The van der Waals surface area contributed by atoms with E-state index in [0.29, 0.717) is 0 Å². The van der Waals surface area contributed by atoms with E-state index in [1.54, 1.807) is 11.3 Å². The second-order valence-corrected chi connectivity index (χ2v) is 15.0. The molecular formula is C48H33NS. The van der Waals surface area contributed by atoms with Gasteiger partial charge in [-0.3, -0.25) is 0 Å². The molecule has 1 heterocycles. The van der Waals surface area contributed by atoms with E-state index >= 15 is 0 Å². The molecule has 236 valence electrons. The summed E-state index contributed by atoms with van der Waals surface area (Å²) in [6.07, 6.45) is 0. The monoisotopic (exact) mass is 655 g/mol. The fourth-order valence-corrected chi connectivity index (χ4v) is 9.19. The Balaban J connectivity index is 1.16. The molecule has 50 heavy (non-hydrogen) atoms. The van der Waals surface area contributed by atoms with E-state index in [-0.39, 0.29) is 5.41 Å². The van der Waals surface area contributed by atoms with Crippen molar-refractivity contribution >= 4 is 43.1 Å².